The van der Waals surface area contributed by atoms with Gasteiger partial charge in [-0.3, -0.25) is 4.79 Å². The summed E-state index contributed by atoms with van der Waals surface area (Å²) >= 11 is 0. The fourth-order valence-electron chi connectivity index (χ4n) is 12.0. The molecular formula is C40H60O4S. The SMILES string of the molecule is COC(=O)c1ccc(C2=CCC3(C)[C@@H](CCC4(C)C5CCC6(C(=O)OS(C)(C)C(C)(C)C)CCC[C@@H]6C5CC[C@@H]43)C2(C)C)cc1. The van der Waals surface area contributed by atoms with Crippen LogP contribution in [-0.2, 0) is 13.7 Å². The van der Waals surface area contributed by atoms with Gasteiger partial charge in [-0.15, -0.1) is 0 Å². The molecule has 1 aromatic carbocycles. The minimum absolute atomic E-state index is 0.0151. The van der Waals surface area contributed by atoms with E-state index in [1.165, 1.54) is 63.2 Å². The highest BCUT2D eigenvalue weighted by Gasteiger charge is 2.67. The second-order valence-electron chi connectivity index (χ2n) is 18.0. The quantitative estimate of drug-likeness (QED) is 0.309. The molecule has 5 heteroatoms. The van der Waals surface area contributed by atoms with Crippen LogP contribution in [0.3, 0.4) is 0 Å². The predicted molar refractivity (Wildman–Crippen MR) is 187 cm³/mol. The van der Waals surface area contributed by atoms with Crippen LogP contribution in [0.15, 0.2) is 30.3 Å². The third kappa shape index (κ3) is 4.90. The van der Waals surface area contributed by atoms with Crippen LogP contribution in [0, 0.1) is 51.2 Å². The molecule has 0 amide bonds. The van der Waals surface area contributed by atoms with E-state index in [0.29, 0.717) is 40.6 Å². The maximum Gasteiger partial charge on any atom is 0.337 e. The lowest BCUT2D eigenvalue weighted by Gasteiger charge is -2.68. The van der Waals surface area contributed by atoms with Crippen LogP contribution in [0.2, 0.25) is 0 Å². The van der Waals surface area contributed by atoms with Crippen LogP contribution in [0.25, 0.3) is 5.57 Å². The Bertz CT molecular complexity index is 1370. The summed E-state index contributed by atoms with van der Waals surface area (Å²) in [6, 6.07) is 8.06. The first-order chi connectivity index (χ1) is 20.9. The maximum absolute atomic E-state index is 14.2. The van der Waals surface area contributed by atoms with Gasteiger partial charge in [0.2, 0.25) is 0 Å². The lowest BCUT2D eigenvalue weighted by molar-refractivity contribution is -0.186. The molecule has 250 valence electrons. The Morgan fingerprint density at radius 2 is 1.51 bits per heavy atom. The third-order valence-corrected chi connectivity index (χ3v) is 18.4. The molecule has 4 saturated carbocycles. The first-order valence-corrected chi connectivity index (χ1v) is 20.2. The molecule has 8 atom stereocenters. The van der Waals surface area contributed by atoms with Crippen molar-refractivity contribution in [2.75, 3.05) is 19.6 Å². The summed E-state index contributed by atoms with van der Waals surface area (Å²) in [5.41, 5.74) is 3.67. The van der Waals surface area contributed by atoms with Crippen molar-refractivity contribution in [2.45, 2.75) is 117 Å². The van der Waals surface area contributed by atoms with E-state index in [1.807, 2.05) is 12.1 Å². The largest absolute Gasteiger partial charge is 0.465 e. The summed E-state index contributed by atoms with van der Waals surface area (Å²) in [6.07, 6.45) is 18.8. The predicted octanol–water partition coefficient (Wildman–Crippen LogP) is 10.3. The van der Waals surface area contributed by atoms with Crippen molar-refractivity contribution in [1.82, 2.24) is 0 Å². The Labute approximate surface area is 275 Å². The van der Waals surface area contributed by atoms with E-state index in [9.17, 15) is 9.59 Å². The summed E-state index contributed by atoms with van der Waals surface area (Å²) in [4.78, 5) is 26.3. The number of esters is 1. The number of fused-ring (bicyclic) bond motifs is 7. The van der Waals surface area contributed by atoms with Crippen molar-refractivity contribution in [3.05, 3.63) is 41.5 Å². The number of hydrogen-bond acceptors (Lipinski definition) is 4. The molecule has 45 heavy (non-hydrogen) atoms. The summed E-state index contributed by atoms with van der Waals surface area (Å²) < 4.78 is 11.5. The van der Waals surface area contributed by atoms with Gasteiger partial charge in [0, 0.05) is 4.75 Å². The lowest BCUT2D eigenvalue weighted by atomic mass is 9.36. The first-order valence-electron chi connectivity index (χ1n) is 17.8. The molecule has 0 radical (unpaired) electrons. The fraction of sp³-hybridized carbons (Fsp3) is 0.750. The van der Waals surface area contributed by atoms with Gasteiger partial charge in [-0.05, 0) is 160 Å². The maximum atomic E-state index is 14.2. The number of carbonyl (C=O) groups is 2. The minimum atomic E-state index is -1.49. The van der Waals surface area contributed by atoms with Crippen molar-refractivity contribution < 1.29 is 18.5 Å². The molecule has 4 nitrogen and oxygen atoms in total. The van der Waals surface area contributed by atoms with Crippen LogP contribution in [0.4, 0.5) is 0 Å². The Hall–Kier alpha value is -1.75. The van der Waals surface area contributed by atoms with E-state index in [1.54, 1.807) is 0 Å². The van der Waals surface area contributed by atoms with Crippen molar-refractivity contribution in [1.29, 1.82) is 0 Å². The molecule has 5 aliphatic rings. The molecule has 0 aromatic heterocycles. The Kier molecular flexibility index (Phi) is 8.03. The van der Waals surface area contributed by atoms with E-state index in [4.69, 9.17) is 8.92 Å². The third-order valence-electron chi connectivity index (χ3n) is 14.9. The average molecular weight is 637 g/mol. The van der Waals surface area contributed by atoms with Crippen LogP contribution >= 0.6 is 10.3 Å². The molecule has 0 spiro atoms. The molecule has 4 fully saturated rings. The van der Waals surface area contributed by atoms with Crippen LogP contribution < -0.4 is 0 Å². The molecular weight excluding hydrogens is 577 g/mol. The lowest BCUT2D eigenvalue weighted by Crippen LogP contribution is -2.61. The highest BCUT2D eigenvalue weighted by molar-refractivity contribution is 8.30. The normalized spacial score (nSPS) is 39.3. The van der Waals surface area contributed by atoms with Gasteiger partial charge in [0.1, 0.15) is 0 Å². The van der Waals surface area contributed by atoms with Crippen molar-refractivity contribution in [3.63, 3.8) is 0 Å². The van der Waals surface area contributed by atoms with Gasteiger partial charge in [0.15, 0.2) is 0 Å². The second-order valence-corrected chi connectivity index (χ2v) is 21.9. The van der Waals surface area contributed by atoms with E-state index in [-0.39, 0.29) is 32.9 Å². The van der Waals surface area contributed by atoms with E-state index >= 15 is 0 Å². The topological polar surface area (TPSA) is 52.6 Å². The zero-order chi connectivity index (χ0) is 32.8. The number of hydrogen-bond donors (Lipinski definition) is 0. The van der Waals surface area contributed by atoms with Gasteiger partial charge in [-0.2, -0.15) is 0 Å². The van der Waals surface area contributed by atoms with Crippen LogP contribution in [-0.4, -0.2) is 36.3 Å². The van der Waals surface area contributed by atoms with E-state index in [2.05, 4.69) is 79.2 Å². The zero-order valence-electron chi connectivity index (χ0n) is 29.9. The van der Waals surface area contributed by atoms with Crippen molar-refractivity contribution >= 4 is 27.8 Å². The van der Waals surface area contributed by atoms with Crippen LogP contribution in [0.1, 0.15) is 129 Å². The van der Waals surface area contributed by atoms with E-state index < -0.39 is 10.3 Å². The van der Waals surface area contributed by atoms with Crippen LogP contribution in [0.5, 0.6) is 0 Å². The number of carbonyl (C=O) groups excluding carboxylic acids is 2. The van der Waals surface area contributed by atoms with Gasteiger partial charge < -0.3 is 8.92 Å². The summed E-state index contributed by atoms with van der Waals surface area (Å²) in [7, 11) is -0.0510. The smallest absolute Gasteiger partial charge is 0.337 e. The van der Waals surface area contributed by atoms with Gasteiger partial charge in [0.05, 0.1) is 18.1 Å². The molecule has 0 N–H and O–H groups in total. The first kappa shape index (κ1) is 33.2. The molecule has 0 bridgehead atoms. The highest BCUT2D eigenvalue weighted by atomic mass is 32.3. The van der Waals surface area contributed by atoms with Gasteiger partial charge >= 0.3 is 11.9 Å². The number of benzene rings is 1. The number of rotatable bonds is 4. The zero-order valence-corrected chi connectivity index (χ0v) is 30.7. The molecule has 0 aliphatic heterocycles. The Balaban J connectivity index is 1.26. The molecule has 5 aliphatic carbocycles. The Morgan fingerprint density at radius 3 is 2.16 bits per heavy atom. The fourth-order valence-corrected chi connectivity index (χ4v) is 12.8. The molecule has 6 rings (SSSR count). The second kappa shape index (κ2) is 10.9. The van der Waals surface area contributed by atoms with Crippen molar-refractivity contribution in [2.24, 2.45) is 51.2 Å². The minimum Gasteiger partial charge on any atom is -0.465 e. The standard InChI is InChI=1S/C40H60O4S/c1-36(2,3)45(9,10)44-35(42)40-22-11-12-31(40)28-17-18-33-38(6,30(28)20-25-40)24-21-32-37(4,5)29(19-23-39(32,33)7)26-13-15-27(16-14-26)34(41)43-8/h13-16,19,28,30-33H,11-12,17-18,20-25H2,1-10H3/t28?,30?,31-,32+,33+,38?,39?,40?/m1/s1. The van der Waals surface area contributed by atoms with Crippen molar-refractivity contribution in [3.8, 4) is 0 Å². The monoisotopic (exact) mass is 636 g/mol. The summed E-state index contributed by atoms with van der Waals surface area (Å²) in [5, 5.41) is 0. The van der Waals surface area contributed by atoms with E-state index in [0.717, 1.165) is 19.3 Å². The average Bonchev–Trinajstić information content (AvgIpc) is 3.42. The number of ether oxygens (including phenoxy) is 1. The summed E-state index contributed by atoms with van der Waals surface area (Å²) in [5.74, 6) is 3.04. The molecule has 1 aromatic rings. The highest BCUT2D eigenvalue weighted by Crippen LogP contribution is 2.73. The molecule has 0 heterocycles. The molecule has 5 unspecified atom stereocenters. The van der Waals surface area contributed by atoms with Gasteiger partial charge in [-0.25, -0.2) is 4.79 Å². The molecule has 0 saturated heterocycles. The number of methoxy groups -OCH3 is 1. The van der Waals surface area contributed by atoms with Gasteiger partial charge in [-0.1, -0.05) is 62.6 Å². The summed E-state index contributed by atoms with van der Waals surface area (Å²) in [6.45, 7) is 16.9. The van der Waals surface area contributed by atoms with Gasteiger partial charge in [0.25, 0.3) is 0 Å². The number of allylic oxidation sites excluding steroid dienone is 2. The Morgan fingerprint density at radius 1 is 0.822 bits per heavy atom.